The molecule has 1 aliphatic heterocycles. The van der Waals surface area contributed by atoms with Gasteiger partial charge in [0.1, 0.15) is 6.26 Å². The van der Waals surface area contributed by atoms with Gasteiger partial charge in [0.15, 0.2) is 6.23 Å². The van der Waals surface area contributed by atoms with E-state index in [-0.39, 0.29) is 18.7 Å². The van der Waals surface area contributed by atoms with Crippen LogP contribution >= 0.6 is 0 Å². The lowest BCUT2D eigenvalue weighted by molar-refractivity contribution is -0.0753. The number of allylic oxidation sites excluding steroid dienone is 3. The van der Waals surface area contributed by atoms with Crippen LogP contribution in [0.3, 0.4) is 0 Å². The van der Waals surface area contributed by atoms with Crippen molar-refractivity contribution >= 4 is 0 Å². The van der Waals surface area contributed by atoms with E-state index >= 15 is 0 Å². The highest BCUT2D eigenvalue weighted by Gasteiger charge is 2.44. The first-order valence-corrected chi connectivity index (χ1v) is 13.8. The van der Waals surface area contributed by atoms with Gasteiger partial charge in [-0.1, -0.05) is 79.2 Å². The van der Waals surface area contributed by atoms with Crippen LogP contribution in [0.25, 0.3) is 0 Å². The maximum absolute atomic E-state index is 11.0. The van der Waals surface area contributed by atoms with Crippen molar-refractivity contribution in [2.45, 2.75) is 79.6 Å². The van der Waals surface area contributed by atoms with E-state index in [1.807, 2.05) is 27.2 Å². The zero-order chi connectivity index (χ0) is 28.2. The van der Waals surface area contributed by atoms with Gasteiger partial charge in [0.2, 0.25) is 0 Å². The molecule has 5 atom stereocenters. The van der Waals surface area contributed by atoms with Crippen LogP contribution in [0.5, 0.6) is 0 Å². The predicted molar refractivity (Wildman–Crippen MR) is 157 cm³/mol. The number of aliphatic hydroxyl groups is 1. The van der Waals surface area contributed by atoms with Gasteiger partial charge in [0, 0.05) is 31.1 Å². The monoisotopic (exact) mass is 517 g/mol. The minimum Gasteiger partial charge on any atom is -0.472 e. The van der Waals surface area contributed by atoms with Crippen LogP contribution in [0.2, 0.25) is 0 Å². The molecule has 0 aliphatic carbocycles. The molecular formula is C30H55N5O2. The fourth-order valence-corrected chi connectivity index (χ4v) is 4.13. The highest BCUT2D eigenvalue weighted by atomic mass is 16.5. The van der Waals surface area contributed by atoms with E-state index in [1.54, 1.807) is 6.26 Å². The largest absolute Gasteiger partial charge is 0.472 e. The highest BCUT2D eigenvalue weighted by molar-refractivity contribution is 5.34. The van der Waals surface area contributed by atoms with E-state index in [4.69, 9.17) is 10.5 Å². The van der Waals surface area contributed by atoms with Gasteiger partial charge in [-0.25, -0.2) is 0 Å². The van der Waals surface area contributed by atoms with E-state index in [0.29, 0.717) is 18.3 Å². The van der Waals surface area contributed by atoms with Crippen molar-refractivity contribution in [3.8, 4) is 0 Å². The molecule has 0 saturated carbocycles. The highest BCUT2D eigenvalue weighted by Crippen LogP contribution is 2.40. The van der Waals surface area contributed by atoms with Crippen molar-refractivity contribution in [2.24, 2.45) is 28.9 Å². The Morgan fingerprint density at radius 3 is 2.41 bits per heavy atom. The fourth-order valence-electron chi connectivity index (χ4n) is 4.13. The van der Waals surface area contributed by atoms with Gasteiger partial charge in [0.25, 0.3) is 0 Å². The molecule has 0 radical (unpaired) electrons. The molecule has 1 aliphatic rings. The Morgan fingerprint density at radius 2 is 1.86 bits per heavy atom. The van der Waals surface area contributed by atoms with Crippen molar-refractivity contribution in [2.75, 3.05) is 27.2 Å². The van der Waals surface area contributed by atoms with E-state index in [1.165, 1.54) is 0 Å². The van der Waals surface area contributed by atoms with Gasteiger partial charge in [-0.2, -0.15) is 0 Å². The molecule has 7 nitrogen and oxygen atoms in total. The fraction of sp³-hybridized carbons (Fsp3) is 0.667. The third-order valence-electron chi connectivity index (χ3n) is 7.97. The first-order chi connectivity index (χ1) is 17.4. The van der Waals surface area contributed by atoms with Crippen LogP contribution in [-0.4, -0.2) is 44.1 Å². The van der Waals surface area contributed by atoms with Crippen LogP contribution in [0.15, 0.2) is 59.9 Å². The molecule has 1 rings (SSSR count). The number of rotatable bonds is 17. The van der Waals surface area contributed by atoms with E-state index in [2.05, 4.69) is 87.6 Å². The lowest BCUT2D eigenvalue weighted by Gasteiger charge is -2.45. The van der Waals surface area contributed by atoms with Crippen LogP contribution in [0.1, 0.15) is 67.7 Å². The molecule has 0 spiro atoms. The zero-order valence-electron chi connectivity index (χ0n) is 24.9. The molecule has 0 saturated heterocycles. The number of ether oxygens (including phenoxy) is 1. The van der Waals surface area contributed by atoms with Crippen LogP contribution in [0, 0.1) is 23.2 Å². The van der Waals surface area contributed by atoms with Crippen molar-refractivity contribution < 1.29 is 9.84 Å². The Hall–Kier alpha value is -2.22. The van der Waals surface area contributed by atoms with Crippen molar-refractivity contribution in [1.82, 2.24) is 21.3 Å². The molecule has 0 aromatic carbocycles. The predicted octanol–water partition coefficient (Wildman–Crippen LogP) is 4.47. The molecule has 0 aromatic rings. The van der Waals surface area contributed by atoms with E-state index in [9.17, 15) is 5.11 Å². The van der Waals surface area contributed by atoms with Gasteiger partial charge in [-0.15, -0.1) is 0 Å². The summed E-state index contributed by atoms with van der Waals surface area (Å²) in [5.41, 5.74) is 8.13. The van der Waals surface area contributed by atoms with Crippen molar-refractivity contribution in [3.63, 3.8) is 0 Å². The minimum absolute atomic E-state index is 0.112. The molecular weight excluding hydrogens is 462 g/mol. The minimum atomic E-state index is -1.01. The summed E-state index contributed by atoms with van der Waals surface area (Å²) in [5.74, 6) is 1.08. The molecule has 212 valence electrons. The standard InChI is InChI=1S/C30H55N5O2/c1-11-21(3)13-14-24(15-22(4)12-2)28-35-27(19-37-28)23(5)34-26(18-33-10)16-25(17-32-9)29(6,7)30(8,36)20-31/h13-15,18-19,21-22,25,28,32-36H,5,11-12,16-17,20,31H2,1-4,6-10H3/b14-13-,24-15+,26-18+. The van der Waals surface area contributed by atoms with Crippen molar-refractivity contribution in [3.05, 3.63) is 59.9 Å². The first kappa shape index (κ1) is 32.8. The van der Waals surface area contributed by atoms with Gasteiger partial charge < -0.3 is 36.8 Å². The number of nitrogens with two attached hydrogens (primary N) is 1. The Kier molecular flexibility index (Phi) is 13.5. The maximum Gasteiger partial charge on any atom is 0.195 e. The third kappa shape index (κ3) is 9.55. The van der Waals surface area contributed by atoms with E-state index in [0.717, 1.165) is 42.1 Å². The second kappa shape index (κ2) is 15.3. The average Bonchev–Trinajstić information content (AvgIpc) is 3.36. The van der Waals surface area contributed by atoms with Crippen LogP contribution < -0.4 is 27.0 Å². The van der Waals surface area contributed by atoms with Gasteiger partial charge in [-0.3, -0.25) is 0 Å². The summed E-state index contributed by atoms with van der Waals surface area (Å²) in [4.78, 5) is 0. The molecule has 0 aromatic heterocycles. The zero-order valence-corrected chi connectivity index (χ0v) is 24.9. The molecule has 37 heavy (non-hydrogen) atoms. The smallest absolute Gasteiger partial charge is 0.195 e. The summed E-state index contributed by atoms with van der Waals surface area (Å²) in [6, 6.07) is 0. The van der Waals surface area contributed by atoms with Gasteiger partial charge in [0.05, 0.1) is 17.0 Å². The second-order valence-corrected chi connectivity index (χ2v) is 11.2. The molecule has 7 N–H and O–H groups in total. The SMILES string of the molecule is C=C(N/C(=C/NC)CC(CNC)C(C)(C)C(C)(O)CN)C1=COC(C(/C=C\C(C)CC)=C/C(C)CC)N1. The normalized spacial score (nSPS) is 20.9. The quantitative estimate of drug-likeness (QED) is 0.158. The summed E-state index contributed by atoms with van der Waals surface area (Å²) < 4.78 is 6.05. The topological polar surface area (TPSA) is 104 Å². The lowest BCUT2D eigenvalue weighted by atomic mass is 9.65. The Morgan fingerprint density at radius 1 is 1.22 bits per heavy atom. The Balaban J connectivity index is 3.03. The van der Waals surface area contributed by atoms with Gasteiger partial charge in [-0.05, 0) is 50.1 Å². The first-order valence-electron chi connectivity index (χ1n) is 13.8. The molecule has 5 unspecified atom stereocenters. The van der Waals surface area contributed by atoms with Crippen molar-refractivity contribution in [1.29, 1.82) is 0 Å². The molecule has 0 amide bonds. The maximum atomic E-state index is 11.0. The van der Waals surface area contributed by atoms with Gasteiger partial charge >= 0.3 is 0 Å². The van der Waals surface area contributed by atoms with E-state index < -0.39 is 11.0 Å². The summed E-state index contributed by atoms with van der Waals surface area (Å²) in [5, 5.41) is 24.4. The Labute approximate surface area is 226 Å². The Bertz CT molecular complexity index is 841. The number of nitrogens with one attached hydrogen (secondary N) is 4. The molecule has 7 heteroatoms. The number of hydrogen-bond acceptors (Lipinski definition) is 7. The lowest BCUT2D eigenvalue weighted by Crippen LogP contribution is -2.53. The van der Waals surface area contributed by atoms with Crippen LogP contribution in [-0.2, 0) is 4.74 Å². The third-order valence-corrected chi connectivity index (χ3v) is 7.97. The summed E-state index contributed by atoms with van der Waals surface area (Å²) in [7, 11) is 3.81. The molecule has 0 bridgehead atoms. The molecule has 1 heterocycles. The summed E-state index contributed by atoms with van der Waals surface area (Å²) >= 11 is 0. The summed E-state index contributed by atoms with van der Waals surface area (Å²) in [6.07, 6.45) is 13.0. The van der Waals surface area contributed by atoms with Crippen LogP contribution in [0.4, 0.5) is 0 Å². The summed E-state index contributed by atoms with van der Waals surface area (Å²) in [6.45, 7) is 20.0. The molecule has 0 fully saturated rings. The second-order valence-electron chi connectivity index (χ2n) is 11.2. The average molecular weight is 518 g/mol. The number of hydrogen-bond donors (Lipinski definition) is 6.